The Balaban J connectivity index is 1.61. The Morgan fingerprint density at radius 1 is 1.00 bits per heavy atom. The lowest BCUT2D eigenvalue weighted by molar-refractivity contribution is 0.142. The second kappa shape index (κ2) is 5.94. The summed E-state index contributed by atoms with van der Waals surface area (Å²) in [5.41, 5.74) is 0. The summed E-state index contributed by atoms with van der Waals surface area (Å²) in [7, 11) is -3.39. The zero-order chi connectivity index (χ0) is 14.9. The maximum absolute atomic E-state index is 12.4. The molecule has 0 spiro atoms. The molecule has 8 heteroatoms. The van der Waals surface area contributed by atoms with E-state index in [1.807, 2.05) is 4.90 Å². The fourth-order valence-corrected chi connectivity index (χ4v) is 5.33. The highest BCUT2D eigenvalue weighted by Crippen LogP contribution is 2.22. The molecule has 116 valence electrons. The first-order valence-corrected chi connectivity index (χ1v) is 9.48. The molecule has 0 atom stereocenters. The van der Waals surface area contributed by atoms with Crippen LogP contribution in [0.2, 0.25) is 0 Å². The monoisotopic (exact) mass is 329 g/mol. The molecular weight excluding hydrogens is 310 g/mol. The van der Waals surface area contributed by atoms with E-state index in [4.69, 9.17) is 0 Å². The molecule has 2 saturated heterocycles. The summed E-state index contributed by atoms with van der Waals surface area (Å²) in [6.45, 7) is 3.35. The summed E-state index contributed by atoms with van der Waals surface area (Å²) in [5, 5.41) is 1.76. The summed E-state index contributed by atoms with van der Waals surface area (Å²) in [5.74, 6) is 0. The van der Waals surface area contributed by atoms with Gasteiger partial charge in [0.2, 0.25) is 0 Å². The number of urea groups is 1. The van der Waals surface area contributed by atoms with Crippen molar-refractivity contribution in [2.45, 2.75) is 17.1 Å². The maximum atomic E-state index is 12.4. The molecule has 2 fully saturated rings. The van der Waals surface area contributed by atoms with Gasteiger partial charge in [-0.05, 0) is 24.3 Å². The van der Waals surface area contributed by atoms with Gasteiger partial charge in [0.1, 0.15) is 4.21 Å². The van der Waals surface area contributed by atoms with E-state index >= 15 is 0 Å². The highest BCUT2D eigenvalue weighted by molar-refractivity contribution is 7.91. The Hall–Kier alpha value is -1.12. The number of amides is 2. The molecule has 0 aromatic carbocycles. The van der Waals surface area contributed by atoms with Gasteiger partial charge in [0.25, 0.3) is 10.0 Å². The molecule has 0 bridgehead atoms. The van der Waals surface area contributed by atoms with Crippen molar-refractivity contribution in [1.29, 1.82) is 0 Å². The lowest BCUT2D eigenvalue weighted by Crippen LogP contribution is -2.53. The van der Waals surface area contributed by atoms with Gasteiger partial charge >= 0.3 is 6.03 Å². The van der Waals surface area contributed by atoms with E-state index < -0.39 is 10.0 Å². The molecule has 0 N–H and O–H groups in total. The number of likely N-dealkylation sites (tertiary alicyclic amines) is 1. The van der Waals surface area contributed by atoms with Gasteiger partial charge in [-0.3, -0.25) is 0 Å². The van der Waals surface area contributed by atoms with Crippen molar-refractivity contribution in [3.8, 4) is 0 Å². The van der Waals surface area contributed by atoms with Crippen LogP contribution < -0.4 is 0 Å². The number of sulfonamides is 1. The number of carbonyl (C=O) groups is 1. The zero-order valence-electron chi connectivity index (χ0n) is 11.8. The van der Waals surface area contributed by atoms with Crippen LogP contribution in [0.15, 0.2) is 21.7 Å². The molecule has 21 heavy (non-hydrogen) atoms. The molecule has 1 aromatic heterocycles. The molecule has 0 unspecified atom stereocenters. The van der Waals surface area contributed by atoms with E-state index in [9.17, 15) is 13.2 Å². The van der Waals surface area contributed by atoms with E-state index in [0.717, 1.165) is 25.9 Å². The number of hydrogen-bond donors (Lipinski definition) is 0. The number of thiophene rings is 1. The molecule has 6 nitrogen and oxygen atoms in total. The predicted octanol–water partition coefficient (Wildman–Crippen LogP) is 1.27. The van der Waals surface area contributed by atoms with E-state index in [1.165, 1.54) is 15.6 Å². The Kier molecular flexibility index (Phi) is 4.19. The van der Waals surface area contributed by atoms with Crippen molar-refractivity contribution in [3.63, 3.8) is 0 Å². The minimum Gasteiger partial charge on any atom is -0.325 e. The molecule has 3 heterocycles. The van der Waals surface area contributed by atoms with Gasteiger partial charge in [0.05, 0.1) is 0 Å². The first-order chi connectivity index (χ1) is 10.1. The molecule has 3 rings (SSSR count). The zero-order valence-corrected chi connectivity index (χ0v) is 13.4. The first kappa shape index (κ1) is 14.8. The lowest BCUT2D eigenvalue weighted by atomic mass is 10.4. The van der Waals surface area contributed by atoms with Crippen molar-refractivity contribution in [3.05, 3.63) is 17.5 Å². The highest BCUT2D eigenvalue weighted by atomic mass is 32.2. The minimum absolute atomic E-state index is 0.0562. The van der Waals surface area contributed by atoms with E-state index in [0.29, 0.717) is 30.4 Å². The quantitative estimate of drug-likeness (QED) is 0.821. The molecule has 0 saturated carbocycles. The van der Waals surface area contributed by atoms with Crippen molar-refractivity contribution < 1.29 is 13.2 Å². The third kappa shape index (κ3) is 2.93. The van der Waals surface area contributed by atoms with Crippen LogP contribution in [-0.4, -0.2) is 67.8 Å². The highest BCUT2D eigenvalue weighted by Gasteiger charge is 2.32. The first-order valence-electron chi connectivity index (χ1n) is 7.16. The second-order valence-electron chi connectivity index (χ2n) is 5.30. The van der Waals surface area contributed by atoms with Crippen molar-refractivity contribution in [2.24, 2.45) is 0 Å². The van der Waals surface area contributed by atoms with E-state index in [2.05, 4.69) is 0 Å². The van der Waals surface area contributed by atoms with Crippen molar-refractivity contribution in [2.75, 3.05) is 39.3 Å². The third-order valence-corrected chi connectivity index (χ3v) is 7.25. The third-order valence-electron chi connectivity index (χ3n) is 3.97. The van der Waals surface area contributed by atoms with Crippen LogP contribution in [0.25, 0.3) is 0 Å². The van der Waals surface area contributed by atoms with Gasteiger partial charge in [-0.1, -0.05) is 6.07 Å². The van der Waals surface area contributed by atoms with Gasteiger partial charge in [0.15, 0.2) is 0 Å². The van der Waals surface area contributed by atoms with Crippen LogP contribution in [0.3, 0.4) is 0 Å². The Morgan fingerprint density at radius 3 is 2.19 bits per heavy atom. The molecule has 2 aliphatic rings. The average molecular weight is 329 g/mol. The summed E-state index contributed by atoms with van der Waals surface area (Å²) >= 11 is 1.23. The maximum Gasteiger partial charge on any atom is 0.320 e. The van der Waals surface area contributed by atoms with Crippen LogP contribution >= 0.6 is 11.3 Å². The Morgan fingerprint density at radius 2 is 1.62 bits per heavy atom. The standard InChI is InChI=1S/C13H19N3O3S2/c17-13(14-5-1-2-6-14)15-7-9-16(10-8-15)21(18,19)12-4-3-11-20-12/h3-4,11H,1-2,5-10H2. The van der Waals surface area contributed by atoms with Gasteiger partial charge in [-0.15, -0.1) is 11.3 Å². The Bertz CT molecular complexity index is 586. The topological polar surface area (TPSA) is 60.9 Å². The number of hydrogen-bond acceptors (Lipinski definition) is 4. The lowest BCUT2D eigenvalue weighted by Gasteiger charge is -2.35. The van der Waals surface area contributed by atoms with Crippen LogP contribution in [0.5, 0.6) is 0 Å². The summed E-state index contributed by atoms with van der Waals surface area (Å²) in [6.07, 6.45) is 2.14. The Labute approximate surface area is 129 Å². The molecule has 2 amide bonds. The van der Waals surface area contributed by atoms with Gasteiger partial charge in [0, 0.05) is 39.3 Å². The normalized spacial score (nSPS) is 21.0. The average Bonchev–Trinajstić information content (AvgIpc) is 3.19. The SMILES string of the molecule is O=C(N1CCCC1)N1CCN(S(=O)(=O)c2cccs2)CC1. The van der Waals surface area contributed by atoms with E-state index in [-0.39, 0.29) is 6.03 Å². The fraction of sp³-hybridized carbons (Fsp3) is 0.615. The molecular formula is C13H19N3O3S2. The summed E-state index contributed by atoms with van der Waals surface area (Å²) in [6, 6.07) is 3.42. The van der Waals surface area contributed by atoms with Crippen LogP contribution in [0, 0.1) is 0 Å². The van der Waals surface area contributed by atoms with Crippen molar-refractivity contribution >= 4 is 27.4 Å². The van der Waals surface area contributed by atoms with E-state index in [1.54, 1.807) is 22.4 Å². The molecule has 0 radical (unpaired) electrons. The van der Waals surface area contributed by atoms with Gasteiger partial charge in [-0.25, -0.2) is 13.2 Å². The number of piperazine rings is 1. The van der Waals surface area contributed by atoms with Crippen molar-refractivity contribution in [1.82, 2.24) is 14.1 Å². The minimum atomic E-state index is -3.39. The van der Waals surface area contributed by atoms with Crippen LogP contribution in [-0.2, 0) is 10.0 Å². The largest absolute Gasteiger partial charge is 0.325 e. The fourth-order valence-electron chi connectivity index (χ4n) is 2.77. The molecule has 0 aliphatic carbocycles. The molecule has 2 aliphatic heterocycles. The molecule has 1 aromatic rings. The summed E-state index contributed by atoms with van der Waals surface area (Å²) < 4.78 is 26.7. The van der Waals surface area contributed by atoms with Crippen LogP contribution in [0.1, 0.15) is 12.8 Å². The number of rotatable bonds is 2. The second-order valence-corrected chi connectivity index (χ2v) is 8.41. The predicted molar refractivity (Wildman–Crippen MR) is 80.9 cm³/mol. The van der Waals surface area contributed by atoms with Gasteiger partial charge in [-0.2, -0.15) is 4.31 Å². The summed E-state index contributed by atoms with van der Waals surface area (Å²) in [4.78, 5) is 15.9. The van der Waals surface area contributed by atoms with Crippen LogP contribution in [0.4, 0.5) is 4.79 Å². The number of carbonyl (C=O) groups excluding carboxylic acids is 1. The smallest absolute Gasteiger partial charge is 0.320 e. The number of nitrogens with zero attached hydrogens (tertiary/aromatic N) is 3. The van der Waals surface area contributed by atoms with Gasteiger partial charge < -0.3 is 9.80 Å².